The summed E-state index contributed by atoms with van der Waals surface area (Å²) in [6.07, 6.45) is 5.07. The molecule has 0 aromatic heterocycles. The molecule has 1 aromatic rings. The predicted octanol–water partition coefficient (Wildman–Crippen LogP) is 1.59. The quantitative estimate of drug-likeness (QED) is 0.623. The molecule has 0 spiro atoms. The standard InChI is InChI=1S/C18H25N3O4/c1-6-9-19-17(22)11-20-18(23)21-13(4)14-7-8-15(25-12(2)3)16(10-14)24-5/h1,7-8,10,12-13H,9,11H2,2-5H3,(H,19,22)(H2,20,21,23)/t13-/m0/s1. The van der Waals surface area contributed by atoms with Crippen molar-refractivity contribution < 1.29 is 19.1 Å². The van der Waals surface area contributed by atoms with Crippen LogP contribution in [0.1, 0.15) is 32.4 Å². The molecule has 0 fully saturated rings. The van der Waals surface area contributed by atoms with E-state index >= 15 is 0 Å². The lowest BCUT2D eigenvalue weighted by Gasteiger charge is -2.18. The van der Waals surface area contributed by atoms with Crippen LogP contribution in [-0.4, -0.2) is 38.2 Å². The van der Waals surface area contributed by atoms with E-state index in [4.69, 9.17) is 15.9 Å². The number of benzene rings is 1. The van der Waals surface area contributed by atoms with Crippen molar-refractivity contribution in [2.75, 3.05) is 20.2 Å². The fraction of sp³-hybridized carbons (Fsp3) is 0.444. The molecule has 0 heterocycles. The molecule has 0 saturated carbocycles. The van der Waals surface area contributed by atoms with Gasteiger partial charge in [0.1, 0.15) is 0 Å². The topological polar surface area (TPSA) is 88.7 Å². The molecule has 3 amide bonds. The van der Waals surface area contributed by atoms with E-state index in [1.165, 1.54) is 0 Å². The summed E-state index contributed by atoms with van der Waals surface area (Å²) in [5.74, 6) is 3.17. The summed E-state index contributed by atoms with van der Waals surface area (Å²) < 4.78 is 11.0. The van der Waals surface area contributed by atoms with Crippen LogP contribution >= 0.6 is 0 Å². The third kappa shape index (κ3) is 7.04. The number of carbonyl (C=O) groups is 2. The summed E-state index contributed by atoms with van der Waals surface area (Å²) in [4.78, 5) is 23.3. The monoisotopic (exact) mass is 347 g/mol. The van der Waals surface area contributed by atoms with Crippen LogP contribution in [0.15, 0.2) is 18.2 Å². The molecule has 0 radical (unpaired) electrons. The normalized spacial score (nSPS) is 11.2. The molecule has 0 bridgehead atoms. The van der Waals surface area contributed by atoms with Gasteiger partial charge in [-0.25, -0.2) is 4.79 Å². The number of urea groups is 1. The maximum atomic E-state index is 11.9. The van der Waals surface area contributed by atoms with Crippen LogP contribution in [-0.2, 0) is 4.79 Å². The summed E-state index contributed by atoms with van der Waals surface area (Å²) in [5, 5.41) is 7.69. The predicted molar refractivity (Wildman–Crippen MR) is 95.6 cm³/mol. The number of ether oxygens (including phenoxy) is 2. The number of methoxy groups -OCH3 is 1. The zero-order valence-corrected chi connectivity index (χ0v) is 15.0. The van der Waals surface area contributed by atoms with Crippen molar-refractivity contribution in [1.82, 2.24) is 16.0 Å². The van der Waals surface area contributed by atoms with Gasteiger partial charge in [-0.2, -0.15) is 0 Å². The summed E-state index contributed by atoms with van der Waals surface area (Å²) in [7, 11) is 1.56. The van der Waals surface area contributed by atoms with Crippen molar-refractivity contribution in [3.8, 4) is 23.8 Å². The van der Waals surface area contributed by atoms with Gasteiger partial charge in [0, 0.05) is 0 Å². The minimum Gasteiger partial charge on any atom is -0.493 e. The Morgan fingerprint density at radius 1 is 1.20 bits per heavy atom. The first-order valence-corrected chi connectivity index (χ1v) is 7.96. The van der Waals surface area contributed by atoms with E-state index in [1.807, 2.05) is 32.9 Å². The van der Waals surface area contributed by atoms with E-state index < -0.39 is 6.03 Å². The molecule has 7 nitrogen and oxygen atoms in total. The molecule has 0 aliphatic carbocycles. The van der Waals surface area contributed by atoms with Gasteiger partial charge < -0.3 is 25.4 Å². The number of rotatable bonds is 8. The van der Waals surface area contributed by atoms with Crippen molar-refractivity contribution in [2.45, 2.75) is 32.9 Å². The molecule has 136 valence electrons. The van der Waals surface area contributed by atoms with Gasteiger partial charge in [0.2, 0.25) is 5.91 Å². The van der Waals surface area contributed by atoms with E-state index in [0.29, 0.717) is 11.5 Å². The van der Waals surface area contributed by atoms with E-state index in [1.54, 1.807) is 13.2 Å². The fourth-order valence-electron chi connectivity index (χ4n) is 2.01. The maximum Gasteiger partial charge on any atom is 0.315 e. The number of terminal acetylenes is 1. The van der Waals surface area contributed by atoms with E-state index in [9.17, 15) is 9.59 Å². The third-order valence-corrected chi connectivity index (χ3v) is 3.20. The number of carbonyl (C=O) groups excluding carboxylic acids is 2. The van der Waals surface area contributed by atoms with E-state index in [-0.39, 0.29) is 31.1 Å². The number of hydrogen-bond acceptors (Lipinski definition) is 4. The smallest absolute Gasteiger partial charge is 0.315 e. The average molecular weight is 347 g/mol. The van der Waals surface area contributed by atoms with Crippen molar-refractivity contribution in [2.24, 2.45) is 0 Å². The molecule has 0 aliphatic rings. The number of hydrogen-bond donors (Lipinski definition) is 3. The second-order valence-electron chi connectivity index (χ2n) is 5.61. The summed E-state index contributed by atoms with van der Waals surface area (Å²) in [5.41, 5.74) is 0.847. The van der Waals surface area contributed by atoms with E-state index in [0.717, 1.165) is 5.56 Å². The highest BCUT2D eigenvalue weighted by Crippen LogP contribution is 2.31. The molecule has 25 heavy (non-hydrogen) atoms. The third-order valence-electron chi connectivity index (χ3n) is 3.20. The Kier molecular flexibility index (Phi) is 8.13. The minimum absolute atomic E-state index is 0.0293. The first-order chi connectivity index (χ1) is 11.9. The van der Waals surface area contributed by atoms with Gasteiger partial charge in [0.25, 0.3) is 0 Å². The van der Waals surface area contributed by atoms with E-state index in [2.05, 4.69) is 21.9 Å². The van der Waals surface area contributed by atoms with Gasteiger partial charge in [-0.05, 0) is 38.5 Å². The largest absolute Gasteiger partial charge is 0.493 e. The van der Waals surface area contributed by atoms with Crippen molar-refractivity contribution in [3.05, 3.63) is 23.8 Å². The Labute approximate surface area is 148 Å². The van der Waals surface area contributed by atoms with Gasteiger partial charge in [0.05, 0.1) is 32.3 Å². The van der Waals surface area contributed by atoms with Gasteiger partial charge in [-0.3, -0.25) is 4.79 Å². The Morgan fingerprint density at radius 3 is 2.52 bits per heavy atom. The molecule has 0 aliphatic heterocycles. The fourth-order valence-corrected chi connectivity index (χ4v) is 2.01. The zero-order chi connectivity index (χ0) is 18.8. The van der Waals surface area contributed by atoms with Crippen molar-refractivity contribution >= 4 is 11.9 Å². The van der Waals surface area contributed by atoms with Crippen LogP contribution in [0.3, 0.4) is 0 Å². The number of amides is 3. The molecule has 7 heteroatoms. The van der Waals surface area contributed by atoms with Gasteiger partial charge in [-0.1, -0.05) is 12.0 Å². The van der Waals surface area contributed by atoms with Crippen molar-refractivity contribution in [1.29, 1.82) is 0 Å². The second-order valence-corrected chi connectivity index (χ2v) is 5.61. The molecule has 3 N–H and O–H groups in total. The first-order valence-electron chi connectivity index (χ1n) is 7.96. The summed E-state index contributed by atoms with van der Waals surface area (Å²) in [6, 6.07) is 4.73. The Balaban J connectivity index is 2.61. The summed E-state index contributed by atoms with van der Waals surface area (Å²) in [6.45, 7) is 5.67. The van der Waals surface area contributed by atoms with Crippen LogP contribution in [0.5, 0.6) is 11.5 Å². The molecule has 1 rings (SSSR count). The molecule has 1 aromatic carbocycles. The van der Waals surface area contributed by atoms with Crippen LogP contribution in [0.2, 0.25) is 0 Å². The van der Waals surface area contributed by atoms with Crippen LogP contribution in [0, 0.1) is 12.3 Å². The molecular formula is C18H25N3O4. The zero-order valence-electron chi connectivity index (χ0n) is 15.0. The van der Waals surface area contributed by atoms with Gasteiger partial charge >= 0.3 is 6.03 Å². The molecule has 0 unspecified atom stereocenters. The number of nitrogens with one attached hydrogen (secondary N) is 3. The highest BCUT2D eigenvalue weighted by Gasteiger charge is 2.14. The van der Waals surface area contributed by atoms with Crippen LogP contribution in [0.25, 0.3) is 0 Å². The van der Waals surface area contributed by atoms with Crippen LogP contribution < -0.4 is 25.4 Å². The highest BCUT2D eigenvalue weighted by molar-refractivity contribution is 5.84. The highest BCUT2D eigenvalue weighted by atomic mass is 16.5. The molecular weight excluding hydrogens is 322 g/mol. The SMILES string of the molecule is C#CCNC(=O)CNC(=O)N[C@@H](C)c1ccc(OC(C)C)c(OC)c1. The first kappa shape index (κ1) is 20.2. The second kappa shape index (κ2) is 10.1. The molecule has 0 saturated heterocycles. The van der Waals surface area contributed by atoms with Crippen LogP contribution in [0.4, 0.5) is 4.79 Å². The molecule has 1 atom stereocenters. The Hall–Kier alpha value is -2.88. The minimum atomic E-state index is -0.454. The lowest BCUT2D eigenvalue weighted by atomic mass is 10.1. The van der Waals surface area contributed by atoms with Gasteiger partial charge in [-0.15, -0.1) is 6.42 Å². The summed E-state index contributed by atoms with van der Waals surface area (Å²) >= 11 is 0. The lowest BCUT2D eigenvalue weighted by molar-refractivity contribution is -0.119. The lowest BCUT2D eigenvalue weighted by Crippen LogP contribution is -2.42. The maximum absolute atomic E-state index is 11.9. The van der Waals surface area contributed by atoms with Crippen molar-refractivity contribution in [3.63, 3.8) is 0 Å². The average Bonchev–Trinajstić information content (AvgIpc) is 2.57. The van der Waals surface area contributed by atoms with Gasteiger partial charge in [0.15, 0.2) is 11.5 Å². The Morgan fingerprint density at radius 2 is 1.92 bits per heavy atom. The Bertz CT molecular complexity index is 638.